The summed E-state index contributed by atoms with van der Waals surface area (Å²) < 4.78 is 43.2. The highest BCUT2D eigenvalue weighted by molar-refractivity contribution is 6.45. The highest BCUT2D eigenvalue weighted by atomic mass is 16.5. The van der Waals surface area contributed by atoms with Crippen LogP contribution in [0.15, 0.2) is 239 Å². The van der Waals surface area contributed by atoms with E-state index in [4.69, 9.17) is 27.8 Å². The summed E-state index contributed by atoms with van der Waals surface area (Å²) in [6.07, 6.45) is -0.523. The van der Waals surface area contributed by atoms with Gasteiger partial charge in [0.25, 0.3) is 23.6 Å². The van der Waals surface area contributed by atoms with E-state index in [2.05, 4.69) is 118 Å². The third kappa shape index (κ3) is 15.4. The van der Waals surface area contributed by atoms with Gasteiger partial charge in [-0.3, -0.25) is 48.2 Å². The molecule has 2 aromatic heterocycles. The van der Waals surface area contributed by atoms with E-state index < -0.39 is 59.3 Å². The molecular weight excluding hydrogens is 1580 g/mol. The first kappa shape index (κ1) is 83.8. The van der Waals surface area contributed by atoms with E-state index in [1.165, 1.54) is 0 Å². The van der Waals surface area contributed by atoms with Gasteiger partial charge < -0.3 is 49.0 Å². The molecule has 20 nitrogen and oxygen atoms in total. The largest absolute Gasteiger partial charge is 0.457 e. The molecule has 20 heteroatoms. The van der Waals surface area contributed by atoms with E-state index >= 15 is 28.8 Å². The van der Waals surface area contributed by atoms with Crippen LogP contribution in [-0.4, -0.2) is 95.3 Å². The Morgan fingerprint density at radius 2 is 0.595 bits per heavy atom. The van der Waals surface area contributed by atoms with Gasteiger partial charge in [-0.2, -0.15) is 0 Å². The smallest absolute Gasteiger partial charge is 0.262 e. The van der Waals surface area contributed by atoms with Crippen LogP contribution in [0.3, 0.4) is 0 Å². The second kappa shape index (κ2) is 32.0. The van der Waals surface area contributed by atoms with Crippen LogP contribution in [0.5, 0.6) is 46.0 Å². The molecule has 126 heavy (non-hydrogen) atoms. The van der Waals surface area contributed by atoms with Crippen LogP contribution in [0, 0.1) is 0 Å². The van der Waals surface area contributed by atoms with Crippen molar-refractivity contribution in [2.24, 2.45) is 0 Å². The molecule has 0 aliphatic carbocycles. The molecule has 0 bridgehead atoms. The van der Waals surface area contributed by atoms with Crippen LogP contribution in [0.2, 0.25) is 0 Å². The Labute approximate surface area is 729 Å². The van der Waals surface area contributed by atoms with Crippen LogP contribution in [-0.2, 0) is 53.7 Å². The summed E-state index contributed by atoms with van der Waals surface area (Å²) in [5.41, 5.74) is 5.85. The van der Waals surface area contributed by atoms with Gasteiger partial charge in [-0.05, 0) is 154 Å². The lowest BCUT2D eigenvalue weighted by atomic mass is 9.80. The molecule has 2 atom stereocenters. The molecule has 13 aromatic carbocycles. The molecular formula is C106H98N6O14. The first-order chi connectivity index (χ1) is 60.0. The number of nitrogens with one attached hydrogen (secondary N) is 4. The Balaban J connectivity index is 0.984. The summed E-state index contributed by atoms with van der Waals surface area (Å²) in [5.74, 6) is -4.56. The van der Waals surface area contributed by atoms with E-state index in [0.717, 1.165) is 53.6 Å². The van der Waals surface area contributed by atoms with Crippen molar-refractivity contribution in [1.82, 2.24) is 31.1 Å². The van der Waals surface area contributed by atoms with Gasteiger partial charge in [0.15, 0.2) is 0 Å². The highest BCUT2D eigenvalue weighted by Crippen LogP contribution is 2.59. The number of carbonyl (C=O) groups is 8. The lowest BCUT2D eigenvalue weighted by molar-refractivity contribution is -0.125. The maximum Gasteiger partial charge on any atom is 0.262 e. The second-order valence-electron chi connectivity index (χ2n) is 37.0. The lowest BCUT2D eigenvalue weighted by Gasteiger charge is -2.36. The van der Waals surface area contributed by atoms with E-state index in [1.54, 1.807) is 50.2 Å². The van der Waals surface area contributed by atoms with Crippen molar-refractivity contribution in [3.05, 3.63) is 286 Å². The predicted octanol–water partition coefficient (Wildman–Crippen LogP) is 21.9. The Morgan fingerprint density at radius 1 is 0.333 bits per heavy atom. The lowest BCUT2D eigenvalue weighted by Crippen LogP contribution is -2.55. The van der Waals surface area contributed by atoms with Crippen molar-refractivity contribution in [2.75, 3.05) is 26.2 Å². The van der Waals surface area contributed by atoms with Crippen molar-refractivity contribution in [1.29, 1.82) is 0 Å². The molecule has 0 radical (unpaired) electrons. The molecule has 0 saturated carbocycles. The number of carbonyl (C=O) groups excluding carboxylic acids is 8. The maximum absolute atomic E-state index is 17.1. The fraction of sp³-hybridized carbons (Fsp3) is 0.245. The molecule has 0 spiro atoms. The van der Waals surface area contributed by atoms with Crippen molar-refractivity contribution in [2.45, 2.75) is 144 Å². The summed E-state index contributed by atoms with van der Waals surface area (Å²) in [6.45, 7) is 35.5. The van der Waals surface area contributed by atoms with Gasteiger partial charge in [0.1, 0.15) is 80.4 Å². The molecule has 636 valence electrons. The third-order valence-electron chi connectivity index (χ3n) is 24.0. The van der Waals surface area contributed by atoms with Gasteiger partial charge in [-0.1, -0.05) is 218 Å². The Kier molecular flexibility index (Phi) is 21.3. The number of hydrogen-bond acceptors (Lipinski definition) is 14. The average Bonchev–Trinajstić information content (AvgIpc) is 0.700. The highest BCUT2D eigenvalue weighted by Gasteiger charge is 2.47. The fourth-order valence-electron chi connectivity index (χ4n) is 17.2. The zero-order valence-corrected chi connectivity index (χ0v) is 73.1. The van der Waals surface area contributed by atoms with Gasteiger partial charge in [0, 0.05) is 115 Å². The van der Waals surface area contributed by atoms with Crippen LogP contribution in [0.1, 0.15) is 172 Å². The summed E-state index contributed by atoms with van der Waals surface area (Å²) in [6, 6.07) is 59.4. The zero-order chi connectivity index (χ0) is 89.1. The summed E-state index contributed by atoms with van der Waals surface area (Å²) in [7, 11) is 0. The SMILES string of the molecule is C=C(C)C(=O)NCCNC(=O)C(Cc1cccc2c1oc1ccccc12)N1C(=O)c2cc(Oc3ccc(C(C)(C)C)cc3)c3c4c(Oc5ccc(C(C)(C)C)cc5)cc5c6c(cc(Oc7ccc(C(C)(C)C)cc7)c(c7c(Oc8ccc(C(C)(C)C)cc8)cc(c2c37)C1=O)c64)C(=O)N(C(Cc1cccc2c1oc1ccccc12)C(=O)NCCNC(=O)C(=C)C)C5=O. The Hall–Kier alpha value is -14.4. The zero-order valence-electron chi connectivity index (χ0n) is 73.1. The minimum absolute atomic E-state index is 0.0226. The monoisotopic (exact) mass is 1680 g/mol. The van der Waals surface area contributed by atoms with E-state index in [0.29, 0.717) is 56.5 Å². The van der Waals surface area contributed by atoms with Gasteiger partial charge in [0.2, 0.25) is 23.6 Å². The van der Waals surface area contributed by atoms with Gasteiger partial charge >= 0.3 is 0 Å². The summed E-state index contributed by atoms with van der Waals surface area (Å²) in [5, 5.41) is 16.1. The molecule has 0 fully saturated rings. The van der Waals surface area contributed by atoms with Crippen LogP contribution in [0.25, 0.3) is 87.0 Å². The number of amides is 8. The molecule has 2 aliphatic heterocycles. The Morgan fingerprint density at radius 3 is 0.865 bits per heavy atom. The molecule has 0 saturated heterocycles. The summed E-state index contributed by atoms with van der Waals surface area (Å²) >= 11 is 0. The number of para-hydroxylation sites is 4. The molecule has 4 heterocycles. The number of benzene rings is 13. The van der Waals surface area contributed by atoms with Crippen LogP contribution in [0.4, 0.5) is 0 Å². The minimum atomic E-state index is -1.63. The van der Waals surface area contributed by atoms with Gasteiger partial charge in [-0.15, -0.1) is 0 Å². The van der Waals surface area contributed by atoms with E-state index in [-0.39, 0.29) is 160 Å². The average molecular weight is 1680 g/mol. The Bertz CT molecular complexity index is 6400. The van der Waals surface area contributed by atoms with E-state index in [1.807, 2.05) is 170 Å². The summed E-state index contributed by atoms with van der Waals surface area (Å²) in [4.78, 5) is 128. The van der Waals surface area contributed by atoms with Crippen molar-refractivity contribution >= 4 is 134 Å². The molecule has 4 N–H and O–H groups in total. The van der Waals surface area contributed by atoms with Gasteiger partial charge in [-0.25, -0.2) is 0 Å². The standard InChI is InChI=1S/C106H98N6O14/c1-57(2)95(113)107-47-49-109-97(115)77(51-59-23-21-27-71-69-25-17-19-29-79(69)125-93(59)71)111-99(117)73-53-81(121-65-39-31-61(32-40-65)103(5,6)7)87-89-83(123-67-43-35-63(36-44-67)105(11,12)13)55-75-86-76(102(120)112(101(75)119)78(98(116)110-50-48-108-96(114)58(3)4)52-60-24-22-28-72-70-26-18-20-30-80(70)126-94(60)72)56-84(124-68-45-37-64(38-46-68)106(14,15)16)90(92(86)89)88-82(54-74(100(111)118)85(73)91(87)88)122-66-41-33-62(34-42-66)104(8,9)10/h17-46,53-56,77-78H,1,3,47-52H2,2,4-16H3,(H,107,113)(H,108,114)(H,109,115)(H,110,116). The molecule has 2 unspecified atom stereocenters. The number of ether oxygens (including phenoxy) is 4. The first-order valence-corrected chi connectivity index (χ1v) is 42.5. The van der Waals surface area contributed by atoms with Gasteiger partial charge in [0.05, 0.1) is 22.3 Å². The van der Waals surface area contributed by atoms with Crippen molar-refractivity contribution in [3.63, 3.8) is 0 Å². The van der Waals surface area contributed by atoms with Crippen molar-refractivity contribution in [3.8, 4) is 46.0 Å². The van der Waals surface area contributed by atoms with E-state index in [9.17, 15) is 9.59 Å². The van der Waals surface area contributed by atoms with Crippen LogP contribution < -0.4 is 40.2 Å². The topological polar surface area (TPSA) is 254 Å². The number of nitrogens with zero attached hydrogens (tertiary/aromatic N) is 2. The molecule has 8 amide bonds. The number of imide groups is 2. The predicted molar refractivity (Wildman–Crippen MR) is 494 cm³/mol. The molecule has 15 aromatic rings. The van der Waals surface area contributed by atoms with Crippen LogP contribution >= 0.6 is 0 Å². The molecule has 2 aliphatic rings. The second-order valence-corrected chi connectivity index (χ2v) is 37.0. The third-order valence-corrected chi connectivity index (χ3v) is 24.0. The fourth-order valence-corrected chi connectivity index (χ4v) is 17.2. The quantitative estimate of drug-likeness (QED) is 0.0144. The number of fused-ring (bicyclic) bond motifs is 8. The van der Waals surface area contributed by atoms with Crippen molar-refractivity contribution < 1.29 is 66.1 Å². The maximum atomic E-state index is 17.1. The normalized spacial score (nSPS) is 13.7. The molecule has 17 rings (SSSR count). The number of furan rings is 2. The number of hydrogen-bond donors (Lipinski definition) is 4. The number of rotatable bonds is 24. The first-order valence-electron chi connectivity index (χ1n) is 42.5. The minimum Gasteiger partial charge on any atom is -0.457 e.